The molecule has 0 aliphatic carbocycles. The minimum Gasteiger partial charge on any atom is -0.546 e. The molecule has 0 aliphatic rings. The third-order valence-corrected chi connectivity index (χ3v) is 2.86. The Morgan fingerprint density at radius 2 is 1.10 bits per heavy atom. The van der Waals surface area contributed by atoms with Gasteiger partial charge in [-0.2, -0.15) is 0 Å². The van der Waals surface area contributed by atoms with E-state index in [2.05, 4.69) is 0 Å². The summed E-state index contributed by atoms with van der Waals surface area (Å²) in [6.45, 7) is 0. The third kappa shape index (κ3) is 2.73. The van der Waals surface area contributed by atoms with E-state index in [1.807, 2.05) is 0 Å². The SMILES string of the molecule is O=C([O-])C(O)(c1cc(F)cc(F)c1)c1cc(F)cc(F)c1. The van der Waals surface area contributed by atoms with Gasteiger partial charge in [0.05, 0.1) is 5.97 Å². The number of hydrogen-bond acceptors (Lipinski definition) is 3. The number of carbonyl (C=O) groups excluding carboxylic acids is 1. The highest BCUT2D eigenvalue weighted by Crippen LogP contribution is 2.31. The predicted octanol–water partition coefficient (Wildman–Crippen LogP) is 1.23. The maximum Gasteiger partial charge on any atom is 0.155 e. The fourth-order valence-electron chi connectivity index (χ4n) is 1.93. The van der Waals surface area contributed by atoms with Crippen LogP contribution in [-0.2, 0) is 10.4 Å². The van der Waals surface area contributed by atoms with Crippen LogP contribution < -0.4 is 5.11 Å². The van der Waals surface area contributed by atoms with Crippen molar-refractivity contribution < 1.29 is 32.6 Å². The molecule has 21 heavy (non-hydrogen) atoms. The summed E-state index contributed by atoms with van der Waals surface area (Å²) < 4.78 is 52.7. The lowest BCUT2D eigenvalue weighted by Crippen LogP contribution is -2.47. The molecule has 2 aromatic rings. The number of aliphatic carboxylic acids is 1. The number of halogens is 4. The van der Waals surface area contributed by atoms with Gasteiger partial charge in [0.1, 0.15) is 23.3 Å². The van der Waals surface area contributed by atoms with Crippen LogP contribution in [0.25, 0.3) is 0 Å². The maximum atomic E-state index is 13.2. The highest BCUT2D eigenvalue weighted by molar-refractivity contribution is 5.82. The molecule has 0 aromatic heterocycles. The Morgan fingerprint density at radius 1 is 0.810 bits per heavy atom. The number of carboxylic acid groups (broad SMARTS) is 1. The van der Waals surface area contributed by atoms with Crippen molar-refractivity contribution in [1.29, 1.82) is 0 Å². The van der Waals surface area contributed by atoms with Gasteiger partial charge >= 0.3 is 0 Å². The number of benzene rings is 2. The van der Waals surface area contributed by atoms with E-state index in [4.69, 9.17) is 0 Å². The second kappa shape index (κ2) is 5.17. The number of hydrogen-bond donors (Lipinski definition) is 1. The van der Waals surface area contributed by atoms with Gasteiger partial charge in [-0.3, -0.25) is 0 Å². The lowest BCUT2D eigenvalue weighted by molar-refractivity contribution is -0.322. The molecule has 0 unspecified atom stereocenters. The van der Waals surface area contributed by atoms with Crippen molar-refractivity contribution in [2.75, 3.05) is 0 Å². The van der Waals surface area contributed by atoms with E-state index < -0.39 is 46.0 Å². The van der Waals surface area contributed by atoms with Gasteiger partial charge in [-0.05, 0) is 35.4 Å². The summed E-state index contributed by atoms with van der Waals surface area (Å²) in [4.78, 5) is 11.2. The first-order valence-electron chi connectivity index (χ1n) is 5.60. The van der Waals surface area contributed by atoms with E-state index in [9.17, 15) is 32.6 Å². The highest BCUT2D eigenvalue weighted by Gasteiger charge is 2.35. The monoisotopic (exact) mass is 299 g/mol. The van der Waals surface area contributed by atoms with Gasteiger partial charge in [0.15, 0.2) is 5.60 Å². The van der Waals surface area contributed by atoms with Gasteiger partial charge in [-0.1, -0.05) is 0 Å². The standard InChI is InChI=1S/C14H8F4O3/c15-9-1-7(2-10(16)5-9)14(21,13(19)20)8-3-11(17)6-12(18)4-8/h1-6,21H,(H,19,20)/p-1. The zero-order chi connectivity index (χ0) is 15.8. The number of carbonyl (C=O) groups is 1. The molecule has 1 N–H and O–H groups in total. The molecule has 2 aromatic carbocycles. The van der Waals surface area contributed by atoms with Crippen molar-refractivity contribution in [1.82, 2.24) is 0 Å². The number of carboxylic acids is 1. The van der Waals surface area contributed by atoms with Gasteiger partial charge in [-0.25, -0.2) is 17.6 Å². The molecule has 3 nitrogen and oxygen atoms in total. The zero-order valence-electron chi connectivity index (χ0n) is 10.2. The quantitative estimate of drug-likeness (QED) is 0.867. The van der Waals surface area contributed by atoms with Crippen molar-refractivity contribution in [3.8, 4) is 0 Å². The summed E-state index contributed by atoms with van der Waals surface area (Å²) in [6, 6.07) is 3.02. The Hall–Kier alpha value is -2.41. The van der Waals surface area contributed by atoms with Crippen molar-refractivity contribution in [3.63, 3.8) is 0 Å². The van der Waals surface area contributed by atoms with Gasteiger partial charge in [0.25, 0.3) is 0 Å². The molecule has 0 spiro atoms. The van der Waals surface area contributed by atoms with Crippen LogP contribution in [0, 0.1) is 23.3 Å². The lowest BCUT2D eigenvalue weighted by Gasteiger charge is -2.30. The molecule has 0 heterocycles. The molecular weight excluding hydrogens is 292 g/mol. The minimum atomic E-state index is -3.11. The fourth-order valence-corrected chi connectivity index (χ4v) is 1.93. The molecule has 0 bridgehead atoms. The molecule has 0 amide bonds. The number of aliphatic hydroxyl groups is 1. The first-order chi connectivity index (χ1) is 9.73. The summed E-state index contributed by atoms with van der Waals surface area (Å²) >= 11 is 0. The first kappa shape index (κ1) is 15.0. The van der Waals surface area contributed by atoms with Gasteiger partial charge in [0, 0.05) is 12.1 Å². The largest absolute Gasteiger partial charge is 0.546 e. The van der Waals surface area contributed by atoms with Crippen LogP contribution in [0.1, 0.15) is 11.1 Å². The molecule has 110 valence electrons. The summed E-state index contributed by atoms with van der Waals surface area (Å²) in [6.07, 6.45) is 0. The van der Waals surface area contributed by atoms with E-state index in [-0.39, 0.29) is 0 Å². The van der Waals surface area contributed by atoms with E-state index in [0.29, 0.717) is 36.4 Å². The normalized spacial score (nSPS) is 11.5. The van der Waals surface area contributed by atoms with Crippen molar-refractivity contribution in [2.24, 2.45) is 0 Å². The molecular formula is C14H7F4O3-. The van der Waals surface area contributed by atoms with Crippen LogP contribution in [-0.4, -0.2) is 11.1 Å². The van der Waals surface area contributed by atoms with E-state index in [0.717, 1.165) is 0 Å². The van der Waals surface area contributed by atoms with E-state index in [1.165, 1.54) is 0 Å². The topological polar surface area (TPSA) is 60.4 Å². The van der Waals surface area contributed by atoms with E-state index in [1.54, 1.807) is 0 Å². The van der Waals surface area contributed by atoms with Gasteiger partial charge < -0.3 is 15.0 Å². The molecule has 0 atom stereocenters. The first-order valence-corrected chi connectivity index (χ1v) is 5.60. The molecule has 7 heteroatoms. The van der Waals surface area contributed by atoms with Crippen LogP contribution in [0.2, 0.25) is 0 Å². The summed E-state index contributed by atoms with van der Waals surface area (Å²) in [5.41, 5.74) is -4.62. The molecule has 0 fully saturated rings. The average molecular weight is 299 g/mol. The molecule has 0 saturated carbocycles. The summed E-state index contributed by atoms with van der Waals surface area (Å²) in [7, 11) is 0. The van der Waals surface area contributed by atoms with Crippen molar-refractivity contribution >= 4 is 5.97 Å². The predicted molar refractivity (Wildman–Crippen MR) is 60.7 cm³/mol. The highest BCUT2D eigenvalue weighted by atomic mass is 19.1. The van der Waals surface area contributed by atoms with Crippen LogP contribution in [0.5, 0.6) is 0 Å². The second-order valence-corrected chi connectivity index (χ2v) is 4.31. The Morgan fingerprint density at radius 3 is 1.33 bits per heavy atom. The molecule has 0 aliphatic heterocycles. The smallest absolute Gasteiger partial charge is 0.155 e. The van der Waals surface area contributed by atoms with Crippen LogP contribution in [0.3, 0.4) is 0 Å². The minimum absolute atomic E-state index is 0.450. The van der Waals surface area contributed by atoms with Crippen LogP contribution in [0.15, 0.2) is 36.4 Å². The van der Waals surface area contributed by atoms with E-state index >= 15 is 0 Å². The zero-order valence-corrected chi connectivity index (χ0v) is 10.2. The van der Waals surface area contributed by atoms with Crippen LogP contribution >= 0.6 is 0 Å². The Kier molecular flexibility index (Phi) is 3.69. The second-order valence-electron chi connectivity index (χ2n) is 4.31. The average Bonchev–Trinajstić information content (AvgIpc) is 2.35. The molecule has 0 radical (unpaired) electrons. The Labute approximate surface area is 116 Å². The van der Waals surface area contributed by atoms with Crippen molar-refractivity contribution in [2.45, 2.75) is 5.60 Å². The number of rotatable bonds is 3. The lowest BCUT2D eigenvalue weighted by atomic mass is 9.86. The van der Waals surface area contributed by atoms with Crippen molar-refractivity contribution in [3.05, 3.63) is 70.8 Å². The van der Waals surface area contributed by atoms with Gasteiger partial charge in [-0.15, -0.1) is 0 Å². The Bertz CT molecular complexity index is 623. The van der Waals surface area contributed by atoms with Gasteiger partial charge in [0.2, 0.25) is 0 Å². The summed E-state index contributed by atoms with van der Waals surface area (Å²) in [5, 5.41) is 21.4. The Balaban J connectivity index is 2.73. The molecule has 0 saturated heterocycles. The van der Waals surface area contributed by atoms with Crippen LogP contribution in [0.4, 0.5) is 17.6 Å². The third-order valence-electron chi connectivity index (χ3n) is 2.86. The maximum absolute atomic E-state index is 13.2. The summed E-state index contributed by atoms with van der Waals surface area (Å²) in [5.74, 6) is -6.84. The fraction of sp³-hybridized carbons (Fsp3) is 0.0714. The molecule has 2 rings (SSSR count).